The van der Waals surface area contributed by atoms with E-state index in [-0.39, 0.29) is 58.9 Å². The number of fused-ring (bicyclic) bond motifs is 2. The van der Waals surface area contributed by atoms with Crippen molar-refractivity contribution >= 4 is 5.78 Å². The van der Waals surface area contributed by atoms with Gasteiger partial charge in [0.25, 0.3) is 0 Å². The van der Waals surface area contributed by atoms with Gasteiger partial charge in [-0.1, -0.05) is 6.07 Å². The van der Waals surface area contributed by atoms with E-state index >= 15 is 0 Å². The lowest BCUT2D eigenvalue weighted by Crippen LogP contribution is -2.36. The van der Waals surface area contributed by atoms with E-state index in [1.54, 1.807) is 30.3 Å². The van der Waals surface area contributed by atoms with Crippen LogP contribution < -0.4 is 23.7 Å². The molecule has 5 rings (SSSR count). The number of phenolic OH excluding ortho intramolecular Hbond substituents is 3. The summed E-state index contributed by atoms with van der Waals surface area (Å²) in [7, 11) is 2.81. The summed E-state index contributed by atoms with van der Waals surface area (Å²) in [5, 5.41) is 40.1. The van der Waals surface area contributed by atoms with Gasteiger partial charge in [-0.25, -0.2) is 0 Å². The fourth-order valence-electron chi connectivity index (χ4n) is 4.46. The summed E-state index contributed by atoms with van der Waals surface area (Å²) >= 11 is 0. The van der Waals surface area contributed by atoms with E-state index in [1.807, 2.05) is 0 Å². The van der Waals surface area contributed by atoms with Crippen molar-refractivity contribution in [3.8, 4) is 46.0 Å². The lowest BCUT2D eigenvalue weighted by atomic mass is 9.95. The van der Waals surface area contributed by atoms with E-state index in [0.29, 0.717) is 22.6 Å². The van der Waals surface area contributed by atoms with Crippen LogP contribution in [-0.2, 0) is 0 Å². The molecule has 10 nitrogen and oxygen atoms in total. The van der Waals surface area contributed by atoms with Crippen molar-refractivity contribution in [3.05, 3.63) is 59.2 Å². The highest BCUT2D eigenvalue weighted by Gasteiger charge is 2.36. The molecule has 0 saturated carbocycles. The zero-order valence-electron chi connectivity index (χ0n) is 19.4. The Bertz CT molecular complexity index is 1310. The van der Waals surface area contributed by atoms with Crippen molar-refractivity contribution in [1.29, 1.82) is 0 Å². The van der Waals surface area contributed by atoms with Crippen LogP contribution in [0.15, 0.2) is 42.5 Å². The Morgan fingerprint density at radius 3 is 2.25 bits per heavy atom. The van der Waals surface area contributed by atoms with Crippen molar-refractivity contribution in [2.75, 3.05) is 20.8 Å². The first-order chi connectivity index (χ1) is 17.3. The Kier molecular flexibility index (Phi) is 5.89. The average molecular weight is 496 g/mol. The third-order valence-electron chi connectivity index (χ3n) is 6.21. The summed E-state index contributed by atoms with van der Waals surface area (Å²) in [4.78, 5) is 12.7. The van der Waals surface area contributed by atoms with Crippen molar-refractivity contribution < 1.29 is 48.9 Å². The molecule has 1 unspecified atom stereocenters. The molecule has 3 aromatic rings. The van der Waals surface area contributed by atoms with E-state index in [2.05, 4.69) is 0 Å². The van der Waals surface area contributed by atoms with Crippen molar-refractivity contribution in [2.24, 2.45) is 0 Å². The van der Waals surface area contributed by atoms with Crippen LogP contribution in [0.1, 0.15) is 40.1 Å². The van der Waals surface area contributed by atoms with Crippen molar-refractivity contribution in [2.45, 2.75) is 24.7 Å². The highest BCUT2D eigenvalue weighted by Crippen LogP contribution is 2.47. The molecule has 0 radical (unpaired) electrons. The largest absolute Gasteiger partial charge is 0.508 e. The maximum Gasteiger partial charge on any atom is 0.200 e. The van der Waals surface area contributed by atoms with Crippen molar-refractivity contribution in [1.82, 2.24) is 0 Å². The number of carbonyl (C=O) groups excluding carboxylic acids is 1. The van der Waals surface area contributed by atoms with Gasteiger partial charge in [0.2, 0.25) is 5.75 Å². The Balaban J connectivity index is 1.48. The predicted octanol–water partition coefficient (Wildman–Crippen LogP) is 3.40. The maximum atomic E-state index is 12.7. The van der Waals surface area contributed by atoms with E-state index < -0.39 is 18.3 Å². The molecule has 2 aliphatic heterocycles. The standard InChI is InChI=1S/C26H24O10/c1-32-21-6-13(7-22(33-2)25(21)31)26-23(11-27)34-17-4-3-12(5-19(17)36-26)18-10-16(30)24-15(29)8-14(28)9-20(24)35-18/h3-9,18,23,26-29,31H,10-11H2,1-2H3/t18?,23-,26-/m1/s1. The van der Waals surface area contributed by atoms with Gasteiger partial charge in [0.15, 0.2) is 41.0 Å². The molecule has 0 amide bonds. The lowest BCUT2D eigenvalue weighted by Gasteiger charge is -2.34. The number of hydrogen-bond acceptors (Lipinski definition) is 10. The number of ketones is 1. The van der Waals surface area contributed by atoms with Gasteiger partial charge in [-0.15, -0.1) is 0 Å². The minimum Gasteiger partial charge on any atom is -0.508 e. The second-order valence-electron chi connectivity index (χ2n) is 8.43. The average Bonchev–Trinajstić information content (AvgIpc) is 2.87. The molecular formula is C26H24O10. The molecule has 188 valence electrons. The zero-order chi connectivity index (χ0) is 25.6. The molecule has 0 fully saturated rings. The van der Waals surface area contributed by atoms with Crippen LogP contribution >= 0.6 is 0 Å². The van der Waals surface area contributed by atoms with Crippen LogP contribution in [0.5, 0.6) is 46.0 Å². The lowest BCUT2D eigenvalue weighted by molar-refractivity contribution is -0.0127. The molecule has 3 atom stereocenters. The Hall–Kier alpha value is -4.31. The maximum absolute atomic E-state index is 12.7. The summed E-state index contributed by atoms with van der Waals surface area (Å²) in [6.07, 6.45) is -2.25. The first-order valence-corrected chi connectivity index (χ1v) is 11.1. The molecule has 2 aliphatic rings. The van der Waals surface area contributed by atoms with Crippen LogP contribution in [0.2, 0.25) is 0 Å². The van der Waals surface area contributed by atoms with E-state index in [0.717, 1.165) is 6.07 Å². The number of aromatic hydroxyl groups is 3. The number of ether oxygens (including phenoxy) is 5. The number of benzene rings is 3. The van der Waals surface area contributed by atoms with Crippen LogP contribution in [0.3, 0.4) is 0 Å². The van der Waals surface area contributed by atoms with Gasteiger partial charge in [-0.05, 0) is 29.8 Å². The number of hydrogen-bond donors (Lipinski definition) is 4. The molecule has 10 heteroatoms. The highest BCUT2D eigenvalue weighted by molar-refractivity contribution is 6.02. The SMILES string of the molecule is COc1cc([C@H]2Oc3cc(C4CC(=O)c5c(O)cc(O)cc5O4)ccc3O[C@@H]2CO)cc(OC)c1O. The topological polar surface area (TPSA) is 144 Å². The smallest absolute Gasteiger partial charge is 0.200 e. The number of aliphatic hydroxyl groups excluding tert-OH is 1. The third kappa shape index (κ3) is 3.95. The van der Waals surface area contributed by atoms with Gasteiger partial charge in [-0.3, -0.25) is 4.79 Å². The minimum absolute atomic E-state index is 0.0277. The van der Waals surface area contributed by atoms with Crippen molar-refractivity contribution in [3.63, 3.8) is 0 Å². The minimum atomic E-state index is -0.773. The number of phenols is 3. The number of carbonyl (C=O) groups is 1. The van der Waals surface area contributed by atoms with E-state index in [9.17, 15) is 25.2 Å². The Morgan fingerprint density at radius 2 is 1.58 bits per heavy atom. The van der Waals surface area contributed by atoms with Crippen LogP contribution in [-0.4, -0.2) is 53.1 Å². The number of Topliss-reactive ketones (excluding diaryl/α,β-unsaturated/α-hetero) is 1. The molecule has 0 spiro atoms. The molecule has 2 heterocycles. The second-order valence-corrected chi connectivity index (χ2v) is 8.43. The molecule has 4 N–H and O–H groups in total. The normalized spacial score (nSPS) is 20.3. The molecule has 0 aromatic heterocycles. The Labute approximate surface area is 205 Å². The highest BCUT2D eigenvalue weighted by atomic mass is 16.6. The summed E-state index contributed by atoms with van der Waals surface area (Å²) in [6.45, 7) is -0.346. The zero-order valence-corrected chi connectivity index (χ0v) is 19.4. The van der Waals surface area contributed by atoms with Gasteiger partial charge in [-0.2, -0.15) is 0 Å². The van der Waals surface area contributed by atoms with Crippen LogP contribution in [0.25, 0.3) is 0 Å². The van der Waals surface area contributed by atoms with Gasteiger partial charge in [0.05, 0.1) is 27.2 Å². The first kappa shape index (κ1) is 23.4. The van der Waals surface area contributed by atoms with Crippen LogP contribution in [0.4, 0.5) is 0 Å². The fourth-order valence-corrected chi connectivity index (χ4v) is 4.46. The van der Waals surface area contributed by atoms with E-state index in [4.69, 9.17) is 23.7 Å². The predicted molar refractivity (Wildman–Crippen MR) is 125 cm³/mol. The number of methoxy groups -OCH3 is 2. The molecular weight excluding hydrogens is 472 g/mol. The van der Waals surface area contributed by atoms with Gasteiger partial charge < -0.3 is 44.1 Å². The quantitative estimate of drug-likeness (QED) is 0.415. The molecule has 0 bridgehead atoms. The number of rotatable bonds is 5. The first-order valence-electron chi connectivity index (χ1n) is 11.1. The Morgan fingerprint density at radius 1 is 0.861 bits per heavy atom. The van der Waals surface area contributed by atoms with Gasteiger partial charge in [0.1, 0.15) is 28.9 Å². The molecule has 3 aromatic carbocycles. The number of aliphatic hydroxyl groups is 1. The van der Waals surface area contributed by atoms with Gasteiger partial charge in [0, 0.05) is 17.7 Å². The molecule has 36 heavy (non-hydrogen) atoms. The summed E-state index contributed by atoms with van der Waals surface area (Å²) < 4.78 is 28.6. The monoisotopic (exact) mass is 496 g/mol. The third-order valence-corrected chi connectivity index (χ3v) is 6.21. The second kappa shape index (κ2) is 9.04. The molecule has 0 saturated heterocycles. The van der Waals surface area contributed by atoms with E-state index in [1.165, 1.54) is 20.3 Å². The summed E-state index contributed by atoms with van der Waals surface area (Å²) in [5.74, 6) is 0.124. The fraction of sp³-hybridized carbons (Fsp3) is 0.269. The summed E-state index contributed by atoms with van der Waals surface area (Å²) in [6, 6.07) is 10.6. The van der Waals surface area contributed by atoms with Gasteiger partial charge >= 0.3 is 0 Å². The van der Waals surface area contributed by atoms with Crippen LogP contribution in [0, 0.1) is 0 Å². The molecule has 0 aliphatic carbocycles. The summed E-state index contributed by atoms with van der Waals surface area (Å²) in [5.41, 5.74) is 1.18.